The first-order valence-corrected chi connectivity index (χ1v) is 10.3. The van der Waals surface area contributed by atoms with Crippen LogP contribution in [0, 0.1) is 0 Å². The summed E-state index contributed by atoms with van der Waals surface area (Å²) in [6.07, 6.45) is 1.68. The summed E-state index contributed by atoms with van der Waals surface area (Å²) in [5, 5.41) is 13.3. The number of benzene rings is 2. The van der Waals surface area contributed by atoms with Gasteiger partial charge in [0, 0.05) is 30.0 Å². The summed E-state index contributed by atoms with van der Waals surface area (Å²) >= 11 is 0. The van der Waals surface area contributed by atoms with Gasteiger partial charge in [-0.15, -0.1) is 0 Å². The third kappa shape index (κ3) is 4.29. The first kappa shape index (κ1) is 21.0. The van der Waals surface area contributed by atoms with Crippen LogP contribution >= 0.6 is 0 Å². The molecule has 0 atom stereocenters. The maximum Gasteiger partial charge on any atom is 0.318 e. The van der Waals surface area contributed by atoms with Crippen LogP contribution in [-0.4, -0.2) is 33.8 Å². The number of anilines is 2. The summed E-state index contributed by atoms with van der Waals surface area (Å²) in [4.78, 5) is 29.7. The molecule has 2 aromatic heterocycles. The fraction of sp³-hybridized carbons (Fsp3) is 0.167. The molecule has 0 aliphatic carbocycles. The maximum absolute atomic E-state index is 13.3. The molecule has 0 saturated carbocycles. The molecule has 2 heterocycles. The lowest BCUT2D eigenvalue weighted by molar-refractivity contribution is 0.102. The fourth-order valence-corrected chi connectivity index (χ4v) is 3.41. The molecule has 8 heteroatoms. The van der Waals surface area contributed by atoms with E-state index in [1.807, 2.05) is 48.9 Å². The standard InChI is InChI=1S/C24H24N6O2/c1-15(2)30-22-20(14-26-30)19(13-21(29-22)16-8-5-4-6-9-16)23(31)27-17-10-7-11-18(12-17)28-24(32)25-3/h4-15H,1-3H3,(H,27,31)(H2,25,28,32). The number of aromatic nitrogens is 3. The van der Waals surface area contributed by atoms with Crippen molar-refractivity contribution in [2.24, 2.45) is 0 Å². The second kappa shape index (κ2) is 8.89. The molecular weight excluding hydrogens is 404 g/mol. The van der Waals surface area contributed by atoms with E-state index in [9.17, 15) is 9.59 Å². The van der Waals surface area contributed by atoms with Gasteiger partial charge in [0.05, 0.1) is 22.8 Å². The predicted octanol–water partition coefficient (Wildman–Crippen LogP) is 4.68. The molecule has 3 N–H and O–H groups in total. The summed E-state index contributed by atoms with van der Waals surface area (Å²) in [7, 11) is 1.54. The Hall–Kier alpha value is -4.20. The monoisotopic (exact) mass is 428 g/mol. The zero-order valence-electron chi connectivity index (χ0n) is 18.1. The summed E-state index contributed by atoms with van der Waals surface area (Å²) in [6, 6.07) is 18.2. The summed E-state index contributed by atoms with van der Waals surface area (Å²) in [6.45, 7) is 4.04. The highest BCUT2D eigenvalue weighted by Gasteiger charge is 2.19. The summed E-state index contributed by atoms with van der Waals surface area (Å²) < 4.78 is 1.81. The van der Waals surface area contributed by atoms with Gasteiger partial charge in [0.1, 0.15) is 0 Å². The van der Waals surface area contributed by atoms with Crippen molar-refractivity contribution in [1.29, 1.82) is 0 Å². The number of amides is 3. The molecule has 32 heavy (non-hydrogen) atoms. The minimum absolute atomic E-state index is 0.0920. The molecule has 162 valence electrons. The fourth-order valence-electron chi connectivity index (χ4n) is 3.41. The molecule has 4 aromatic rings. The van der Waals surface area contributed by atoms with Crippen LogP contribution in [0.25, 0.3) is 22.3 Å². The minimum atomic E-state index is -0.335. The Labute approximate surface area is 185 Å². The number of carbonyl (C=O) groups is 2. The number of nitrogens with one attached hydrogen (secondary N) is 3. The Morgan fingerprint density at radius 1 is 0.938 bits per heavy atom. The van der Waals surface area contributed by atoms with E-state index >= 15 is 0 Å². The Bertz CT molecular complexity index is 1280. The highest BCUT2D eigenvalue weighted by Crippen LogP contribution is 2.27. The number of fused-ring (bicyclic) bond motifs is 1. The van der Waals surface area contributed by atoms with Crippen molar-refractivity contribution >= 4 is 34.3 Å². The molecule has 4 rings (SSSR count). The van der Waals surface area contributed by atoms with Gasteiger partial charge in [-0.1, -0.05) is 36.4 Å². The van der Waals surface area contributed by atoms with E-state index in [-0.39, 0.29) is 18.0 Å². The largest absolute Gasteiger partial charge is 0.341 e. The van der Waals surface area contributed by atoms with Gasteiger partial charge in [0.25, 0.3) is 5.91 Å². The van der Waals surface area contributed by atoms with Crippen molar-refractivity contribution in [2.45, 2.75) is 19.9 Å². The Morgan fingerprint density at radius 3 is 2.34 bits per heavy atom. The number of rotatable bonds is 5. The molecular formula is C24H24N6O2. The van der Waals surface area contributed by atoms with Crippen LogP contribution in [0.4, 0.5) is 16.2 Å². The Kier molecular flexibility index (Phi) is 5.85. The van der Waals surface area contributed by atoms with Gasteiger partial charge in [-0.2, -0.15) is 5.10 Å². The van der Waals surface area contributed by atoms with Gasteiger partial charge < -0.3 is 16.0 Å². The lowest BCUT2D eigenvalue weighted by atomic mass is 10.1. The van der Waals surface area contributed by atoms with Crippen LogP contribution in [-0.2, 0) is 0 Å². The third-order valence-electron chi connectivity index (χ3n) is 4.98. The number of urea groups is 1. The smallest absolute Gasteiger partial charge is 0.318 e. The summed E-state index contributed by atoms with van der Waals surface area (Å²) in [5.41, 5.74) is 3.87. The number of hydrogen-bond acceptors (Lipinski definition) is 4. The van der Waals surface area contributed by atoms with E-state index in [0.717, 1.165) is 5.56 Å². The third-order valence-corrected chi connectivity index (χ3v) is 4.98. The van der Waals surface area contributed by atoms with Gasteiger partial charge in [-0.3, -0.25) is 4.79 Å². The summed E-state index contributed by atoms with van der Waals surface area (Å²) in [5.74, 6) is -0.282. The minimum Gasteiger partial charge on any atom is -0.341 e. The molecule has 3 amide bonds. The quantitative estimate of drug-likeness (QED) is 0.429. The van der Waals surface area contributed by atoms with Crippen LogP contribution in [0.2, 0.25) is 0 Å². The van der Waals surface area contributed by atoms with Crippen LogP contribution < -0.4 is 16.0 Å². The first-order valence-electron chi connectivity index (χ1n) is 10.3. The lowest BCUT2D eigenvalue weighted by Crippen LogP contribution is -2.24. The van der Waals surface area contributed by atoms with E-state index in [1.54, 1.807) is 36.5 Å². The second-order valence-electron chi connectivity index (χ2n) is 7.58. The molecule has 0 fully saturated rings. The Balaban J connectivity index is 1.74. The lowest BCUT2D eigenvalue weighted by Gasteiger charge is -2.12. The molecule has 0 spiro atoms. The van der Waals surface area contributed by atoms with Crippen LogP contribution in [0.15, 0.2) is 66.9 Å². The van der Waals surface area contributed by atoms with Gasteiger partial charge in [0.15, 0.2) is 5.65 Å². The number of hydrogen-bond donors (Lipinski definition) is 3. The first-order chi connectivity index (χ1) is 15.5. The molecule has 0 aliphatic heterocycles. The van der Waals surface area contributed by atoms with Gasteiger partial charge in [0.2, 0.25) is 0 Å². The van der Waals surface area contributed by atoms with Crippen molar-refractivity contribution in [3.8, 4) is 11.3 Å². The maximum atomic E-state index is 13.3. The molecule has 8 nitrogen and oxygen atoms in total. The zero-order chi connectivity index (χ0) is 22.7. The molecule has 0 radical (unpaired) electrons. The topological polar surface area (TPSA) is 101 Å². The molecule has 2 aromatic carbocycles. The zero-order valence-corrected chi connectivity index (χ0v) is 18.1. The molecule has 0 saturated heterocycles. The number of carbonyl (C=O) groups excluding carboxylic acids is 2. The van der Waals surface area contributed by atoms with Crippen molar-refractivity contribution in [2.75, 3.05) is 17.7 Å². The van der Waals surface area contributed by atoms with Gasteiger partial charge in [-0.25, -0.2) is 14.5 Å². The van der Waals surface area contributed by atoms with Crippen LogP contribution in [0.5, 0.6) is 0 Å². The highest BCUT2D eigenvalue weighted by atomic mass is 16.2. The number of pyridine rings is 1. The average molecular weight is 428 g/mol. The van der Waals surface area contributed by atoms with Crippen LogP contribution in [0.1, 0.15) is 30.2 Å². The van der Waals surface area contributed by atoms with Gasteiger partial charge >= 0.3 is 6.03 Å². The van der Waals surface area contributed by atoms with Crippen molar-refractivity contribution in [3.63, 3.8) is 0 Å². The second-order valence-corrected chi connectivity index (χ2v) is 7.58. The van der Waals surface area contributed by atoms with E-state index in [2.05, 4.69) is 21.0 Å². The molecule has 0 aliphatic rings. The van der Waals surface area contributed by atoms with E-state index < -0.39 is 0 Å². The van der Waals surface area contributed by atoms with Gasteiger partial charge in [-0.05, 0) is 38.1 Å². The van der Waals surface area contributed by atoms with E-state index in [1.165, 1.54) is 7.05 Å². The van der Waals surface area contributed by atoms with Crippen molar-refractivity contribution in [3.05, 3.63) is 72.4 Å². The van der Waals surface area contributed by atoms with E-state index in [4.69, 9.17) is 4.98 Å². The van der Waals surface area contributed by atoms with Crippen molar-refractivity contribution in [1.82, 2.24) is 20.1 Å². The predicted molar refractivity (Wildman–Crippen MR) is 126 cm³/mol. The SMILES string of the molecule is CNC(=O)Nc1cccc(NC(=O)c2cc(-c3ccccc3)nc3c2cnn3C(C)C)c1. The average Bonchev–Trinajstić information content (AvgIpc) is 3.23. The van der Waals surface area contributed by atoms with Crippen molar-refractivity contribution < 1.29 is 9.59 Å². The highest BCUT2D eigenvalue weighted by molar-refractivity contribution is 6.12. The molecule has 0 unspecified atom stereocenters. The van der Waals surface area contributed by atoms with E-state index in [0.29, 0.717) is 33.7 Å². The normalized spacial score (nSPS) is 10.9. The molecule has 0 bridgehead atoms. The number of nitrogens with zero attached hydrogens (tertiary/aromatic N) is 3. The van der Waals surface area contributed by atoms with Crippen LogP contribution in [0.3, 0.4) is 0 Å². The Morgan fingerprint density at radius 2 is 1.66 bits per heavy atom.